The summed E-state index contributed by atoms with van der Waals surface area (Å²) in [4.78, 5) is 24.7. The topological polar surface area (TPSA) is 80.9 Å². The van der Waals surface area contributed by atoms with Gasteiger partial charge in [-0.3, -0.25) is 9.78 Å². The lowest BCUT2D eigenvalue weighted by Crippen LogP contribution is -2.18. The molecular formula is C19H13ClF2N4O2. The molecule has 0 unspecified atom stereocenters. The van der Waals surface area contributed by atoms with Crippen molar-refractivity contribution in [2.75, 3.05) is 5.32 Å². The summed E-state index contributed by atoms with van der Waals surface area (Å²) in [6.07, 6.45) is 4.06. The normalized spacial score (nSPS) is 14.4. The highest BCUT2D eigenvalue weighted by atomic mass is 35.5. The molecule has 1 aromatic carbocycles. The molecule has 2 heterocycles. The summed E-state index contributed by atoms with van der Waals surface area (Å²) in [5.41, 5.74) is 1.59. The number of carbonyl (C=O) groups is 1. The van der Waals surface area contributed by atoms with Crippen molar-refractivity contribution < 1.29 is 18.0 Å². The Kier molecular flexibility index (Phi) is 4.64. The van der Waals surface area contributed by atoms with E-state index in [2.05, 4.69) is 20.3 Å². The number of nitrogens with zero attached hydrogens (tertiary/aromatic N) is 3. The Labute approximate surface area is 163 Å². The third-order valence-corrected chi connectivity index (χ3v) is 4.49. The van der Waals surface area contributed by atoms with Crippen molar-refractivity contribution in [3.8, 4) is 11.3 Å². The number of hydrogen-bond acceptors (Lipinski definition) is 5. The second-order valence-corrected chi connectivity index (χ2v) is 6.55. The van der Waals surface area contributed by atoms with Gasteiger partial charge in [-0.15, -0.1) is 0 Å². The van der Waals surface area contributed by atoms with E-state index in [-0.39, 0.29) is 18.7 Å². The quantitative estimate of drug-likeness (QED) is 0.662. The van der Waals surface area contributed by atoms with Gasteiger partial charge in [-0.2, -0.15) is 0 Å². The average molecular weight is 403 g/mol. The van der Waals surface area contributed by atoms with Crippen LogP contribution in [0.15, 0.2) is 52.2 Å². The highest BCUT2D eigenvalue weighted by Gasteiger charge is 2.23. The van der Waals surface area contributed by atoms with Crippen LogP contribution in [0.2, 0.25) is 5.02 Å². The number of nitrogens with one attached hydrogen (secondary N) is 1. The van der Waals surface area contributed by atoms with Crippen molar-refractivity contribution in [3.05, 3.63) is 58.7 Å². The standard InChI is InChI=1S/C19H13ClF2N4O2/c1-9-25-14-6-11(20)10(5-16(14)28-9)15-7-24-17(8-23-15)26-19(27)18-12(21)3-2-4-13(18)22/h3,5-8H,2,4H2,1H3,(H,24,26,27). The number of benzene rings is 1. The first kappa shape index (κ1) is 18.2. The first-order chi connectivity index (χ1) is 13.4. The van der Waals surface area contributed by atoms with Crippen molar-refractivity contribution >= 4 is 34.4 Å². The fourth-order valence-electron chi connectivity index (χ4n) is 2.88. The molecule has 0 fully saturated rings. The van der Waals surface area contributed by atoms with Gasteiger partial charge in [0.1, 0.15) is 22.7 Å². The molecule has 0 bridgehead atoms. The molecule has 0 spiro atoms. The van der Waals surface area contributed by atoms with E-state index in [1.54, 1.807) is 19.1 Å². The Morgan fingerprint density at radius 1 is 1.25 bits per heavy atom. The van der Waals surface area contributed by atoms with E-state index < -0.39 is 23.1 Å². The lowest BCUT2D eigenvalue weighted by atomic mass is 10.0. The number of anilines is 1. The Morgan fingerprint density at radius 2 is 2.07 bits per heavy atom. The van der Waals surface area contributed by atoms with Crippen molar-refractivity contribution in [2.24, 2.45) is 0 Å². The molecule has 0 saturated carbocycles. The molecule has 9 heteroatoms. The Morgan fingerprint density at radius 3 is 2.79 bits per heavy atom. The maximum Gasteiger partial charge on any atom is 0.262 e. The number of rotatable bonds is 3. The number of halogens is 3. The molecule has 0 aliphatic heterocycles. The zero-order valence-electron chi connectivity index (χ0n) is 14.6. The summed E-state index contributed by atoms with van der Waals surface area (Å²) in [6.45, 7) is 1.73. The number of aromatic nitrogens is 3. The highest BCUT2D eigenvalue weighted by Crippen LogP contribution is 2.32. The van der Waals surface area contributed by atoms with Crippen LogP contribution in [0.5, 0.6) is 0 Å². The molecule has 28 heavy (non-hydrogen) atoms. The molecule has 2 aromatic heterocycles. The Hall–Kier alpha value is -3.13. The maximum atomic E-state index is 13.8. The van der Waals surface area contributed by atoms with Gasteiger partial charge >= 0.3 is 0 Å². The Bertz CT molecular complexity index is 1150. The number of aryl methyl sites for hydroxylation is 1. The number of allylic oxidation sites excluding steroid dienone is 2. The van der Waals surface area contributed by atoms with Gasteiger partial charge in [-0.05, 0) is 24.6 Å². The van der Waals surface area contributed by atoms with Crippen LogP contribution < -0.4 is 5.32 Å². The first-order valence-corrected chi connectivity index (χ1v) is 8.75. The molecular weight excluding hydrogens is 390 g/mol. The number of fused-ring (bicyclic) bond motifs is 1. The van der Waals surface area contributed by atoms with E-state index in [1.807, 2.05) is 0 Å². The first-order valence-electron chi connectivity index (χ1n) is 8.37. The maximum absolute atomic E-state index is 13.8. The summed E-state index contributed by atoms with van der Waals surface area (Å²) >= 11 is 6.29. The lowest BCUT2D eigenvalue weighted by molar-refractivity contribution is -0.112. The molecule has 1 aliphatic carbocycles. The van der Waals surface area contributed by atoms with E-state index in [0.717, 1.165) is 0 Å². The fourth-order valence-corrected chi connectivity index (χ4v) is 3.14. The minimum atomic E-state index is -0.912. The van der Waals surface area contributed by atoms with Gasteiger partial charge in [0.25, 0.3) is 5.91 Å². The van der Waals surface area contributed by atoms with Gasteiger partial charge in [0.05, 0.1) is 23.1 Å². The largest absolute Gasteiger partial charge is 0.441 e. The van der Waals surface area contributed by atoms with Crippen LogP contribution in [-0.2, 0) is 4.79 Å². The van der Waals surface area contributed by atoms with Gasteiger partial charge < -0.3 is 9.73 Å². The summed E-state index contributed by atoms with van der Waals surface area (Å²) < 4.78 is 33.0. The van der Waals surface area contributed by atoms with Crippen LogP contribution >= 0.6 is 11.6 Å². The molecule has 1 amide bonds. The van der Waals surface area contributed by atoms with Crippen LogP contribution in [-0.4, -0.2) is 20.9 Å². The summed E-state index contributed by atoms with van der Waals surface area (Å²) in [5.74, 6) is -2.01. The van der Waals surface area contributed by atoms with E-state index in [0.29, 0.717) is 33.3 Å². The second kappa shape index (κ2) is 7.12. The Balaban J connectivity index is 1.58. The molecule has 0 saturated heterocycles. The van der Waals surface area contributed by atoms with Gasteiger partial charge in [-0.1, -0.05) is 11.6 Å². The summed E-state index contributed by atoms with van der Waals surface area (Å²) in [7, 11) is 0. The third kappa shape index (κ3) is 3.38. The van der Waals surface area contributed by atoms with Gasteiger partial charge in [0.2, 0.25) is 0 Å². The lowest BCUT2D eigenvalue weighted by Gasteiger charge is -2.12. The predicted octanol–water partition coefficient (Wildman–Crippen LogP) is 5.06. The zero-order chi connectivity index (χ0) is 19.8. The van der Waals surface area contributed by atoms with Crippen molar-refractivity contribution in [1.82, 2.24) is 15.0 Å². The number of amides is 1. The van der Waals surface area contributed by atoms with Crippen LogP contribution in [0, 0.1) is 6.92 Å². The third-order valence-electron chi connectivity index (χ3n) is 4.18. The van der Waals surface area contributed by atoms with Crippen molar-refractivity contribution in [1.29, 1.82) is 0 Å². The van der Waals surface area contributed by atoms with E-state index >= 15 is 0 Å². The monoisotopic (exact) mass is 402 g/mol. The average Bonchev–Trinajstić information content (AvgIpc) is 3.00. The fraction of sp³-hybridized carbons (Fsp3) is 0.158. The molecule has 0 radical (unpaired) electrons. The van der Waals surface area contributed by atoms with Gasteiger partial charge in [0.15, 0.2) is 17.3 Å². The molecule has 142 valence electrons. The van der Waals surface area contributed by atoms with Crippen LogP contribution in [0.4, 0.5) is 14.6 Å². The van der Waals surface area contributed by atoms with Crippen molar-refractivity contribution in [2.45, 2.75) is 19.8 Å². The van der Waals surface area contributed by atoms with Crippen LogP contribution in [0.25, 0.3) is 22.4 Å². The van der Waals surface area contributed by atoms with Crippen LogP contribution in [0.1, 0.15) is 18.7 Å². The van der Waals surface area contributed by atoms with E-state index in [1.165, 1.54) is 18.5 Å². The van der Waals surface area contributed by atoms with Crippen LogP contribution in [0.3, 0.4) is 0 Å². The van der Waals surface area contributed by atoms with E-state index in [9.17, 15) is 13.6 Å². The molecule has 6 nitrogen and oxygen atoms in total. The molecule has 1 N–H and O–H groups in total. The van der Waals surface area contributed by atoms with Gasteiger partial charge in [-0.25, -0.2) is 18.7 Å². The summed E-state index contributed by atoms with van der Waals surface area (Å²) in [5, 5.41) is 2.76. The number of carbonyl (C=O) groups excluding carboxylic acids is 1. The number of oxazole rings is 1. The highest BCUT2D eigenvalue weighted by molar-refractivity contribution is 6.34. The second-order valence-electron chi connectivity index (χ2n) is 6.14. The zero-order valence-corrected chi connectivity index (χ0v) is 15.3. The predicted molar refractivity (Wildman–Crippen MR) is 100.0 cm³/mol. The molecule has 0 atom stereocenters. The molecule has 1 aliphatic rings. The SMILES string of the molecule is Cc1nc2cc(Cl)c(-c3cnc(NC(=O)C4=C(F)CCC=C4F)cn3)cc2o1. The van der Waals surface area contributed by atoms with E-state index in [4.69, 9.17) is 16.0 Å². The number of hydrogen-bond donors (Lipinski definition) is 1. The van der Waals surface area contributed by atoms with Crippen molar-refractivity contribution in [3.63, 3.8) is 0 Å². The minimum absolute atomic E-state index is 0.0110. The molecule has 4 rings (SSSR count). The molecule has 3 aromatic rings. The summed E-state index contributed by atoms with van der Waals surface area (Å²) in [6, 6.07) is 3.36. The van der Waals surface area contributed by atoms with Gasteiger partial charge in [0, 0.05) is 18.9 Å². The smallest absolute Gasteiger partial charge is 0.262 e. The minimum Gasteiger partial charge on any atom is -0.441 e.